The zero-order chi connectivity index (χ0) is 35.2. The maximum absolute atomic E-state index is 13.5. The normalized spacial score (nSPS) is 33.6. The van der Waals surface area contributed by atoms with E-state index in [1.54, 1.807) is 6.08 Å². The molecule has 0 heterocycles. The molecule has 48 heavy (non-hydrogen) atoms. The van der Waals surface area contributed by atoms with Crippen LogP contribution in [0.4, 0.5) is 5.69 Å². The summed E-state index contributed by atoms with van der Waals surface area (Å²) in [6.45, 7) is 3.18. The first kappa shape index (κ1) is 35.6. The van der Waals surface area contributed by atoms with Gasteiger partial charge in [-0.3, -0.25) is 24.4 Å². The number of aliphatic hydroxyl groups excluding tert-OH is 2. The second kappa shape index (κ2) is 13.3. The first-order valence-electron chi connectivity index (χ1n) is 16.3. The van der Waals surface area contributed by atoms with E-state index in [1.807, 2.05) is 6.92 Å². The molecular formula is C34H43N2O12-. The van der Waals surface area contributed by atoms with Crippen molar-refractivity contribution in [2.45, 2.75) is 95.5 Å². The molecule has 0 aliphatic heterocycles. The molecule has 0 radical (unpaired) electrons. The van der Waals surface area contributed by atoms with Gasteiger partial charge in [-0.15, -0.1) is 0 Å². The van der Waals surface area contributed by atoms with Gasteiger partial charge in [0.2, 0.25) is 11.7 Å². The summed E-state index contributed by atoms with van der Waals surface area (Å²) in [6.07, 6.45) is 1.53. The number of carbonyl (C=O) groups excluding carboxylic acids is 4. The number of hydrogen-bond donors (Lipinski definition) is 6. The molecule has 0 spiro atoms. The van der Waals surface area contributed by atoms with Gasteiger partial charge >= 0.3 is 11.9 Å². The number of allylic oxidation sites excluding steroid dienone is 1. The number of nitrogens with zero attached hydrogens (tertiary/aromatic N) is 1. The molecule has 1 aromatic rings. The van der Waals surface area contributed by atoms with Crippen LogP contribution in [0.5, 0.6) is 0 Å². The predicted octanol–water partition coefficient (Wildman–Crippen LogP) is 2.11. The fraction of sp³-hybridized carbons (Fsp3) is 0.618. The number of aliphatic hydroxyl groups is 3. The van der Waals surface area contributed by atoms with Gasteiger partial charge in [0.05, 0.1) is 18.2 Å². The number of ether oxygens (including phenoxy) is 1. The van der Waals surface area contributed by atoms with Gasteiger partial charge in [-0.25, -0.2) is 4.79 Å². The molecule has 3 saturated carbocycles. The maximum atomic E-state index is 13.5. The number of nitrogens with one attached hydrogen (secondary N) is 1. The molecule has 0 saturated heterocycles. The van der Waals surface area contributed by atoms with Crippen molar-refractivity contribution in [1.29, 1.82) is 0 Å². The Hall–Kier alpha value is -3.69. The first-order chi connectivity index (χ1) is 22.5. The van der Waals surface area contributed by atoms with Crippen LogP contribution in [0.1, 0.15) is 83.3 Å². The Balaban J connectivity index is 1.16. The van der Waals surface area contributed by atoms with Crippen LogP contribution >= 0.6 is 0 Å². The number of benzene rings is 1. The van der Waals surface area contributed by atoms with Crippen LogP contribution in [0, 0.1) is 33.8 Å². The number of esters is 1. The zero-order valence-corrected chi connectivity index (χ0v) is 27.0. The molecule has 6 N–H and O–H groups in total. The predicted molar refractivity (Wildman–Crippen MR) is 167 cm³/mol. The van der Waals surface area contributed by atoms with Crippen LogP contribution in [-0.4, -0.2) is 79.4 Å². The summed E-state index contributed by atoms with van der Waals surface area (Å²) in [4.78, 5) is 62.4. The number of aliphatic carboxylic acids is 1. The number of anilines is 1. The highest BCUT2D eigenvalue weighted by Gasteiger charge is 2.68. The lowest BCUT2D eigenvalue weighted by Gasteiger charge is -2.60. The highest BCUT2D eigenvalue weighted by Crippen LogP contribution is 2.67. The van der Waals surface area contributed by atoms with E-state index in [9.17, 15) is 49.6 Å². The summed E-state index contributed by atoms with van der Waals surface area (Å²) in [5.41, 5.74) is -2.40. The van der Waals surface area contributed by atoms with Gasteiger partial charge in [-0.05, 0) is 85.5 Å². The van der Waals surface area contributed by atoms with Gasteiger partial charge in [0, 0.05) is 18.3 Å². The lowest BCUT2D eigenvalue weighted by Crippen LogP contribution is -2.62. The van der Waals surface area contributed by atoms with Gasteiger partial charge < -0.3 is 40.9 Å². The van der Waals surface area contributed by atoms with Crippen molar-refractivity contribution in [2.24, 2.45) is 28.6 Å². The second-order valence-corrected chi connectivity index (χ2v) is 14.3. The van der Waals surface area contributed by atoms with E-state index in [-0.39, 0.29) is 53.0 Å². The van der Waals surface area contributed by atoms with Crippen molar-refractivity contribution < 1.29 is 54.3 Å². The van der Waals surface area contributed by atoms with Gasteiger partial charge in [0.1, 0.15) is 11.7 Å². The summed E-state index contributed by atoms with van der Waals surface area (Å²) in [5, 5.41) is 65.3. The molecule has 4 aliphatic rings. The minimum atomic E-state index is -1.85. The highest BCUT2D eigenvalue weighted by atomic mass is 16.8. The summed E-state index contributed by atoms with van der Waals surface area (Å²) in [6, 6.07) is 3.01. The lowest BCUT2D eigenvalue weighted by molar-refractivity contribution is -0.184. The quantitative estimate of drug-likeness (QED) is 0.146. The van der Waals surface area contributed by atoms with Crippen LogP contribution in [0.25, 0.3) is 0 Å². The van der Waals surface area contributed by atoms with Crippen molar-refractivity contribution >= 4 is 35.1 Å². The SMILES string of the molecule is CC12CCC(=O)C=C1CCC1C2C(O)CC2(C)C1CCC2(O)C(=O)COC(=O)CCC(=O)NC(C(=O)O)C(O)c1cccc(N([O-])O)c1. The molecular weight excluding hydrogens is 628 g/mol. The zero-order valence-electron chi connectivity index (χ0n) is 27.0. The van der Waals surface area contributed by atoms with Crippen molar-refractivity contribution in [2.75, 3.05) is 11.8 Å². The Kier molecular flexibility index (Phi) is 9.88. The maximum Gasteiger partial charge on any atom is 0.329 e. The average Bonchev–Trinajstić information content (AvgIpc) is 3.31. The number of hydrogen-bond acceptors (Lipinski definition) is 12. The number of Topliss-reactive ketones (excluding diaryl/α,β-unsaturated/α-hetero) is 1. The number of fused-ring (bicyclic) bond motifs is 5. The summed E-state index contributed by atoms with van der Waals surface area (Å²) < 4.78 is 5.14. The number of carboxylic acids is 1. The average molecular weight is 672 g/mol. The van der Waals surface area contributed by atoms with Crippen LogP contribution in [0.2, 0.25) is 0 Å². The molecule has 1 amide bonds. The Morgan fingerprint density at radius 1 is 1.12 bits per heavy atom. The minimum absolute atomic E-state index is 0.0464. The van der Waals surface area contributed by atoms with Crippen LogP contribution in [0.15, 0.2) is 35.9 Å². The van der Waals surface area contributed by atoms with Crippen molar-refractivity contribution in [3.8, 4) is 0 Å². The Morgan fingerprint density at radius 2 is 1.85 bits per heavy atom. The van der Waals surface area contributed by atoms with E-state index in [1.165, 1.54) is 18.2 Å². The lowest BCUT2D eigenvalue weighted by atomic mass is 9.45. The number of amides is 1. The molecule has 9 unspecified atom stereocenters. The Bertz CT molecular complexity index is 1510. The molecule has 0 aromatic heterocycles. The summed E-state index contributed by atoms with van der Waals surface area (Å²) >= 11 is 0. The Morgan fingerprint density at radius 3 is 2.54 bits per heavy atom. The van der Waals surface area contributed by atoms with Gasteiger partial charge in [-0.2, -0.15) is 0 Å². The molecule has 1 aromatic carbocycles. The molecule has 0 bridgehead atoms. The number of ketones is 2. The van der Waals surface area contributed by atoms with Crippen molar-refractivity contribution in [3.63, 3.8) is 0 Å². The van der Waals surface area contributed by atoms with E-state index in [0.717, 1.165) is 24.5 Å². The number of rotatable bonds is 11. The van der Waals surface area contributed by atoms with E-state index < -0.39 is 77.6 Å². The number of carbonyl (C=O) groups is 5. The molecule has 3 fully saturated rings. The van der Waals surface area contributed by atoms with Crippen molar-refractivity contribution in [3.05, 3.63) is 46.7 Å². The van der Waals surface area contributed by atoms with Crippen molar-refractivity contribution in [1.82, 2.24) is 5.32 Å². The molecule has 4 aliphatic carbocycles. The fourth-order valence-corrected chi connectivity index (χ4v) is 9.24. The third-order valence-electron chi connectivity index (χ3n) is 11.8. The monoisotopic (exact) mass is 671 g/mol. The Labute approximate surface area is 277 Å². The third kappa shape index (κ3) is 6.27. The van der Waals surface area contributed by atoms with Gasteiger partial charge in [0.15, 0.2) is 18.4 Å². The summed E-state index contributed by atoms with van der Waals surface area (Å²) in [5.74, 6) is -4.14. The molecule has 14 heteroatoms. The second-order valence-electron chi connectivity index (χ2n) is 14.3. The van der Waals surface area contributed by atoms with Gasteiger partial charge in [-0.1, -0.05) is 31.6 Å². The van der Waals surface area contributed by atoms with Gasteiger partial charge in [0.25, 0.3) is 0 Å². The minimum Gasteiger partial charge on any atom is -0.733 e. The molecule has 5 rings (SSSR count). The standard InChI is InChI=1S/C34H43N2O12/c1-32-12-10-21(37)15-19(32)6-7-22-23-11-13-34(45,33(23,2)16-24(38)28(22)32)25(39)17-48-27(41)9-8-26(40)35-29(31(43)44)30(42)18-4-3-5-20(14-18)36(46)47/h3-5,14-15,22-24,28-30,38,42,45-46H,6-13,16-17H2,1-2H3,(H,35,40)(H,43,44)/q-1. The molecule has 262 valence electrons. The van der Waals surface area contributed by atoms with Crippen LogP contribution in [0.3, 0.4) is 0 Å². The van der Waals surface area contributed by atoms with E-state index in [4.69, 9.17) is 9.94 Å². The fourth-order valence-electron chi connectivity index (χ4n) is 9.24. The topological polar surface area (TPSA) is 234 Å². The smallest absolute Gasteiger partial charge is 0.329 e. The third-order valence-corrected chi connectivity index (χ3v) is 11.8. The summed E-state index contributed by atoms with van der Waals surface area (Å²) in [7, 11) is 0. The highest BCUT2D eigenvalue weighted by molar-refractivity contribution is 5.92. The van der Waals surface area contributed by atoms with E-state index >= 15 is 0 Å². The van der Waals surface area contributed by atoms with E-state index in [0.29, 0.717) is 19.3 Å². The largest absolute Gasteiger partial charge is 0.733 e. The number of carboxylic acid groups (broad SMARTS) is 1. The van der Waals surface area contributed by atoms with E-state index in [2.05, 4.69) is 12.2 Å². The van der Waals surface area contributed by atoms with Crippen LogP contribution < -0.4 is 10.5 Å². The first-order valence-corrected chi connectivity index (χ1v) is 16.3. The molecule has 14 nitrogen and oxygen atoms in total. The van der Waals surface area contributed by atoms with Crippen LogP contribution in [-0.2, 0) is 28.7 Å². The molecule has 9 atom stereocenters.